The zero-order chi connectivity index (χ0) is 10.2. The Balaban J connectivity index is 2.32. The number of methoxy groups -OCH3 is 1. The Morgan fingerprint density at radius 2 is 1.86 bits per heavy atom. The van der Waals surface area contributed by atoms with Crippen LogP contribution in [0.4, 0.5) is 0 Å². The van der Waals surface area contributed by atoms with E-state index in [0.717, 1.165) is 18.9 Å². The lowest BCUT2D eigenvalue weighted by Crippen LogP contribution is -2.34. The SMILES string of the molecule is CNC(CCOC)C1CCCCCC1. The molecule has 0 amide bonds. The van der Waals surface area contributed by atoms with Crippen LogP contribution in [0.2, 0.25) is 0 Å². The average molecular weight is 199 g/mol. The molecule has 14 heavy (non-hydrogen) atoms. The van der Waals surface area contributed by atoms with E-state index in [2.05, 4.69) is 12.4 Å². The quantitative estimate of drug-likeness (QED) is 0.687. The van der Waals surface area contributed by atoms with Crippen molar-refractivity contribution in [2.24, 2.45) is 5.92 Å². The molecule has 1 fully saturated rings. The van der Waals surface area contributed by atoms with Crippen molar-refractivity contribution in [3.8, 4) is 0 Å². The third kappa shape index (κ3) is 3.97. The summed E-state index contributed by atoms with van der Waals surface area (Å²) < 4.78 is 5.16. The molecule has 0 radical (unpaired) electrons. The van der Waals surface area contributed by atoms with E-state index in [9.17, 15) is 0 Å². The van der Waals surface area contributed by atoms with E-state index in [-0.39, 0.29) is 0 Å². The minimum Gasteiger partial charge on any atom is -0.385 e. The first-order valence-corrected chi connectivity index (χ1v) is 6.04. The molecule has 1 N–H and O–H groups in total. The summed E-state index contributed by atoms with van der Waals surface area (Å²) in [4.78, 5) is 0. The van der Waals surface area contributed by atoms with E-state index in [1.165, 1.54) is 38.5 Å². The second-order valence-electron chi connectivity index (χ2n) is 4.43. The highest BCUT2D eigenvalue weighted by Gasteiger charge is 2.20. The van der Waals surface area contributed by atoms with E-state index < -0.39 is 0 Å². The fourth-order valence-corrected chi connectivity index (χ4v) is 2.57. The van der Waals surface area contributed by atoms with Crippen molar-refractivity contribution < 1.29 is 4.74 Å². The molecule has 1 aliphatic rings. The number of rotatable bonds is 5. The van der Waals surface area contributed by atoms with Gasteiger partial charge in [-0.3, -0.25) is 0 Å². The Hall–Kier alpha value is -0.0800. The Morgan fingerprint density at radius 1 is 1.21 bits per heavy atom. The molecule has 0 aromatic heterocycles. The van der Waals surface area contributed by atoms with E-state index >= 15 is 0 Å². The van der Waals surface area contributed by atoms with Crippen LogP contribution in [0.1, 0.15) is 44.9 Å². The van der Waals surface area contributed by atoms with Crippen LogP contribution in [-0.4, -0.2) is 26.8 Å². The van der Waals surface area contributed by atoms with Gasteiger partial charge in [0.25, 0.3) is 0 Å². The van der Waals surface area contributed by atoms with Gasteiger partial charge in [0, 0.05) is 19.8 Å². The standard InChI is InChI=1S/C12H25NO/c1-13-12(9-10-14-2)11-7-5-3-4-6-8-11/h11-13H,3-10H2,1-2H3. The predicted molar refractivity (Wildman–Crippen MR) is 60.5 cm³/mol. The zero-order valence-electron chi connectivity index (χ0n) is 9.72. The molecule has 1 aliphatic carbocycles. The topological polar surface area (TPSA) is 21.3 Å². The highest BCUT2D eigenvalue weighted by atomic mass is 16.5. The third-order valence-corrected chi connectivity index (χ3v) is 3.47. The second-order valence-corrected chi connectivity index (χ2v) is 4.43. The van der Waals surface area contributed by atoms with Crippen LogP contribution in [0.5, 0.6) is 0 Å². The Morgan fingerprint density at radius 3 is 2.36 bits per heavy atom. The summed E-state index contributed by atoms with van der Waals surface area (Å²) in [5.74, 6) is 0.887. The first-order chi connectivity index (χ1) is 6.88. The number of ether oxygens (including phenoxy) is 1. The largest absolute Gasteiger partial charge is 0.385 e. The molecule has 0 spiro atoms. The van der Waals surface area contributed by atoms with Gasteiger partial charge in [0.15, 0.2) is 0 Å². The van der Waals surface area contributed by atoms with Crippen molar-refractivity contribution in [2.45, 2.75) is 51.0 Å². The Kier molecular flexibility index (Phi) is 6.20. The van der Waals surface area contributed by atoms with Crippen molar-refractivity contribution in [3.05, 3.63) is 0 Å². The first-order valence-electron chi connectivity index (χ1n) is 6.04. The number of hydrogen-bond acceptors (Lipinski definition) is 2. The van der Waals surface area contributed by atoms with Gasteiger partial charge in [0.2, 0.25) is 0 Å². The first kappa shape index (κ1) is 12.0. The van der Waals surface area contributed by atoms with Gasteiger partial charge in [0.1, 0.15) is 0 Å². The van der Waals surface area contributed by atoms with Gasteiger partial charge >= 0.3 is 0 Å². The molecule has 0 saturated heterocycles. The van der Waals surface area contributed by atoms with Crippen molar-refractivity contribution in [1.82, 2.24) is 5.32 Å². The monoisotopic (exact) mass is 199 g/mol. The second kappa shape index (κ2) is 7.24. The maximum atomic E-state index is 5.16. The van der Waals surface area contributed by atoms with Crippen LogP contribution in [0.15, 0.2) is 0 Å². The van der Waals surface area contributed by atoms with Crippen molar-refractivity contribution in [3.63, 3.8) is 0 Å². The van der Waals surface area contributed by atoms with E-state index in [0.29, 0.717) is 6.04 Å². The molecule has 0 bridgehead atoms. The lowest BCUT2D eigenvalue weighted by molar-refractivity contribution is 0.168. The molecule has 2 heteroatoms. The lowest BCUT2D eigenvalue weighted by Gasteiger charge is -2.25. The summed E-state index contributed by atoms with van der Waals surface area (Å²) in [5, 5.41) is 3.45. The Bertz CT molecular complexity index is 130. The van der Waals surface area contributed by atoms with Gasteiger partial charge < -0.3 is 10.1 Å². The van der Waals surface area contributed by atoms with Crippen LogP contribution in [0, 0.1) is 5.92 Å². The summed E-state index contributed by atoms with van der Waals surface area (Å²) >= 11 is 0. The summed E-state index contributed by atoms with van der Waals surface area (Å²) in [6, 6.07) is 0.674. The molecule has 1 saturated carbocycles. The van der Waals surface area contributed by atoms with E-state index in [4.69, 9.17) is 4.74 Å². The van der Waals surface area contributed by atoms with Crippen LogP contribution in [0.25, 0.3) is 0 Å². The van der Waals surface area contributed by atoms with Crippen molar-refractivity contribution in [1.29, 1.82) is 0 Å². The normalized spacial score (nSPS) is 21.9. The number of hydrogen-bond donors (Lipinski definition) is 1. The smallest absolute Gasteiger partial charge is 0.0477 e. The maximum Gasteiger partial charge on any atom is 0.0477 e. The lowest BCUT2D eigenvalue weighted by atomic mass is 9.90. The van der Waals surface area contributed by atoms with Crippen molar-refractivity contribution >= 4 is 0 Å². The fraction of sp³-hybridized carbons (Fsp3) is 1.00. The molecular formula is C12H25NO. The van der Waals surface area contributed by atoms with E-state index in [1.807, 2.05) is 0 Å². The van der Waals surface area contributed by atoms with Gasteiger partial charge in [-0.15, -0.1) is 0 Å². The van der Waals surface area contributed by atoms with Gasteiger partial charge in [0.05, 0.1) is 0 Å². The molecule has 1 atom stereocenters. The number of nitrogens with one attached hydrogen (secondary N) is 1. The van der Waals surface area contributed by atoms with Gasteiger partial charge in [-0.05, 0) is 32.2 Å². The van der Waals surface area contributed by atoms with Gasteiger partial charge in [-0.25, -0.2) is 0 Å². The molecule has 0 aromatic rings. The fourth-order valence-electron chi connectivity index (χ4n) is 2.57. The van der Waals surface area contributed by atoms with Gasteiger partial charge in [-0.2, -0.15) is 0 Å². The van der Waals surface area contributed by atoms with E-state index in [1.54, 1.807) is 7.11 Å². The van der Waals surface area contributed by atoms with Gasteiger partial charge in [-0.1, -0.05) is 25.7 Å². The summed E-state index contributed by atoms with van der Waals surface area (Å²) in [6.45, 7) is 0.891. The molecule has 2 nitrogen and oxygen atoms in total. The van der Waals surface area contributed by atoms with Crippen LogP contribution in [0.3, 0.4) is 0 Å². The summed E-state index contributed by atoms with van der Waals surface area (Å²) in [6.07, 6.45) is 9.72. The minimum atomic E-state index is 0.674. The van der Waals surface area contributed by atoms with Crippen LogP contribution in [-0.2, 0) is 4.74 Å². The Labute approximate surface area is 88.4 Å². The summed E-state index contributed by atoms with van der Waals surface area (Å²) in [7, 11) is 3.88. The molecule has 1 rings (SSSR count). The molecule has 84 valence electrons. The van der Waals surface area contributed by atoms with Crippen LogP contribution < -0.4 is 5.32 Å². The highest BCUT2D eigenvalue weighted by Crippen LogP contribution is 2.26. The molecular weight excluding hydrogens is 174 g/mol. The maximum absolute atomic E-state index is 5.16. The molecule has 0 aliphatic heterocycles. The molecule has 1 unspecified atom stereocenters. The minimum absolute atomic E-state index is 0.674. The van der Waals surface area contributed by atoms with Crippen LogP contribution >= 0.6 is 0 Å². The molecule has 0 heterocycles. The summed E-state index contributed by atoms with van der Waals surface area (Å²) in [5.41, 5.74) is 0. The predicted octanol–water partition coefficient (Wildman–Crippen LogP) is 2.58. The average Bonchev–Trinajstić information content (AvgIpc) is 2.48. The van der Waals surface area contributed by atoms with Crippen molar-refractivity contribution in [2.75, 3.05) is 20.8 Å². The zero-order valence-corrected chi connectivity index (χ0v) is 9.72. The molecule has 0 aromatic carbocycles. The third-order valence-electron chi connectivity index (χ3n) is 3.47. The highest BCUT2D eigenvalue weighted by molar-refractivity contribution is 4.77.